The molecule has 4 nitrogen and oxygen atoms in total. The molecule has 0 amide bonds. The summed E-state index contributed by atoms with van der Waals surface area (Å²) in [6.45, 7) is 2.26. The minimum Gasteiger partial charge on any atom is -0.616 e. The SMILES string of the molecule is CCCCCCCCCCCC[S+]([O-])CCOS(C)(=O)=O. The molecule has 1 unspecified atom stereocenters. The summed E-state index contributed by atoms with van der Waals surface area (Å²) in [5.74, 6) is 0.966. The average Bonchev–Trinajstić information content (AvgIpc) is 2.39. The number of unbranched alkanes of at least 4 members (excludes halogenated alkanes) is 9. The van der Waals surface area contributed by atoms with Crippen molar-refractivity contribution in [2.75, 3.05) is 24.4 Å². The Kier molecular flexibility index (Phi) is 14.0. The molecular weight excluding hydrogens is 308 g/mol. The molecule has 128 valence electrons. The van der Waals surface area contributed by atoms with Crippen molar-refractivity contribution in [3.63, 3.8) is 0 Å². The van der Waals surface area contributed by atoms with Crippen LogP contribution in [-0.4, -0.2) is 37.3 Å². The summed E-state index contributed by atoms with van der Waals surface area (Å²) in [5, 5.41) is 0. The molecular formula is C15H32O4S2. The lowest BCUT2D eigenvalue weighted by Crippen LogP contribution is -2.17. The van der Waals surface area contributed by atoms with Crippen molar-refractivity contribution in [2.45, 2.75) is 71.1 Å². The summed E-state index contributed by atoms with van der Waals surface area (Å²) in [6.07, 6.45) is 13.6. The standard InChI is InChI=1S/C15H32O4S2/c1-3-4-5-6-7-8-9-10-11-12-14-20(16)15-13-19-21(2,17)18/h3-15H2,1-2H3. The van der Waals surface area contributed by atoms with Gasteiger partial charge in [0.05, 0.1) is 6.26 Å². The first kappa shape index (κ1) is 21.2. The molecule has 6 heteroatoms. The van der Waals surface area contributed by atoms with E-state index < -0.39 is 21.3 Å². The van der Waals surface area contributed by atoms with Crippen molar-refractivity contribution in [3.05, 3.63) is 0 Å². The monoisotopic (exact) mass is 340 g/mol. The maximum atomic E-state index is 11.6. The Morgan fingerprint density at radius 3 is 1.81 bits per heavy atom. The smallest absolute Gasteiger partial charge is 0.264 e. The Hall–Kier alpha value is 0.220. The molecule has 0 saturated heterocycles. The van der Waals surface area contributed by atoms with Gasteiger partial charge in [0, 0.05) is 0 Å². The molecule has 21 heavy (non-hydrogen) atoms. The van der Waals surface area contributed by atoms with E-state index in [1.165, 1.54) is 51.4 Å². The molecule has 0 fully saturated rings. The average molecular weight is 341 g/mol. The fourth-order valence-electron chi connectivity index (χ4n) is 2.13. The van der Waals surface area contributed by atoms with Crippen LogP contribution in [0.1, 0.15) is 71.1 Å². The van der Waals surface area contributed by atoms with Crippen LogP contribution >= 0.6 is 0 Å². The molecule has 0 N–H and O–H groups in total. The van der Waals surface area contributed by atoms with Gasteiger partial charge < -0.3 is 4.55 Å². The zero-order chi connectivity index (χ0) is 16.0. The second-order valence-corrected chi connectivity index (χ2v) is 8.90. The second-order valence-electron chi connectivity index (χ2n) is 5.56. The van der Waals surface area contributed by atoms with Crippen molar-refractivity contribution in [1.82, 2.24) is 0 Å². The molecule has 0 aromatic heterocycles. The molecule has 0 rings (SSSR count). The van der Waals surface area contributed by atoms with Gasteiger partial charge in [-0.05, 0) is 12.8 Å². The maximum absolute atomic E-state index is 11.6. The summed E-state index contributed by atoms with van der Waals surface area (Å²) in [7, 11) is -3.40. The Bertz CT molecular complexity index is 318. The Balaban J connectivity index is 3.23. The largest absolute Gasteiger partial charge is 0.616 e. The minimum absolute atomic E-state index is 0.0310. The zero-order valence-electron chi connectivity index (χ0n) is 13.6. The highest BCUT2D eigenvalue weighted by Gasteiger charge is 2.08. The van der Waals surface area contributed by atoms with Crippen LogP contribution in [0.25, 0.3) is 0 Å². The Labute approximate surface area is 134 Å². The van der Waals surface area contributed by atoms with Crippen molar-refractivity contribution in [1.29, 1.82) is 0 Å². The molecule has 0 aliphatic rings. The van der Waals surface area contributed by atoms with Crippen LogP contribution in [0.2, 0.25) is 0 Å². The third kappa shape index (κ3) is 18.2. The number of hydrogen-bond donors (Lipinski definition) is 0. The van der Waals surface area contributed by atoms with Crippen LogP contribution in [0.3, 0.4) is 0 Å². The van der Waals surface area contributed by atoms with Crippen molar-refractivity contribution in [2.24, 2.45) is 0 Å². The van der Waals surface area contributed by atoms with E-state index in [9.17, 15) is 13.0 Å². The summed E-state index contributed by atoms with van der Waals surface area (Å²) < 4.78 is 37.7. The van der Waals surface area contributed by atoms with E-state index in [0.717, 1.165) is 19.1 Å². The molecule has 1 atom stereocenters. The highest BCUT2D eigenvalue weighted by Crippen LogP contribution is 2.11. The summed E-state index contributed by atoms with van der Waals surface area (Å²) in [6, 6.07) is 0. The number of hydrogen-bond acceptors (Lipinski definition) is 4. The lowest BCUT2D eigenvalue weighted by molar-refractivity contribution is 0.342. The van der Waals surface area contributed by atoms with Crippen LogP contribution in [0, 0.1) is 0 Å². The van der Waals surface area contributed by atoms with E-state index in [1.807, 2.05) is 0 Å². The molecule has 0 aliphatic heterocycles. The molecule has 0 radical (unpaired) electrons. The molecule has 0 heterocycles. The molecule has 0 saturated carbocycles. The predicted octanol–water partition coefficient (Wildman–Crippen LogP) is 3.63. The van der Waals surface area contributed by atoms with Crippen LogP contribution in [0.5, 0.6) is 0 Å². The van der Waals surface area contributed by atoms with E-state index in [2.05, 4.69) is 11.1 Å². The van der Waals surface area contributed by atoms with Gasteiger partial charge in [0.25, 0.3) is 10.1 Å². The van der Waals surface area contributed by atoms with E-state index in [-0.39, 0.29) is 6.61 Å². The minimum atomic E-state index is -3.40. The third-order valence-electron chi connectivity index (χ3n) is 3.33. The van der Waals surface area contributed by atoms with Gasteiger partial charge in [0.2, 0.25) is 0 Å². The fraction of sp³-hybridized carbons (Fsp3) is 1.00. The van der Waals surface area contributed by atoms with Crippen LogP contribution < -0.4 is 0 Å². The van der Waals surface area contributed by atoms with Gasteiger partial charge in [0.1, 0.15) is 18.1 Å². The van der Waals surface area contributed by atoms with Crippen LogP contribution in [0.15, 0.2) is 0 Å². The Morgan fingerprint density at radius 1 is 0.857 bits per heavy atom. The molecule has 0 spiro atoms. The summed E-state index contributed by atoms with van der Waals surface area (Å²) >= 11 is -0.957. The first-order valence-electron chi connectivity index (χ1n) is 8.15. The lowest BCUT2D eigenvalue weighted by atomic mass is 10.1. The van der Waals surface area contributed by atoms with Gasteiger partial charge >= 0.3 is 0 Å². The zero-order valence-corrected chi connectivity index (χ0v) is 15.3. The number of rotatable bonds is 15. The first-order chi connectivity index (χ1) is 9.95. The van der Waals surface area contributed by atoms with E-state index in [4.69, 9.17) is 0 Å². The fourth-order valence-corrected chi connectivity index (χ4v) is 3.62. The van der Waals surface area contributed by atoms with Gasteiger partial charge in [-0.15, -0.1) is 0 Å². The van der Waals surface area contributed by atoms with Crippen molar-refractivity contribution < 1.29 is 17.2 Å². The molecule has 0 aromatic rings. The van der Waals surface area contributed by atoms with Crippen molar-refractivity contribution >= 4 is 21.3 Å². The van der Waals surface area contributed by atoms with Gasteiger partial charge in [-0.2, -0.15) is 8.42 Å². The van der Waals surface area contributed by atoms with Crippen LogP contribution in [0.4, 0.5) is 0 Å². The quantitative estimate of drug-likeness (QED) is 0.259. The third-order valence-corrected chi connectivity index (χ3v) is 5.29. The molecule has 0 bridgehead atoms. The first-order valence-corrected chi connectivity index (χ1v) is 11.5. The maximum Gasteiger partial charge on any atom is 0.264 e. The van der Waals surface area contributed by atoms with Gasteiger partial charge in [0.15, 0.2) is 0 Å². The summed E-state index contributed by atoms with van der Waals surface area (Å²) in [5.41, 5.74) is 0. The predicted molar refractivity (Wildman–Crippen MR) is 90.5 cm³/mol. The highest BCUT2D eigenvalue weighted by molar-refractivity contribution is 7.91. The highest BCUT2D eigenvalue weighted by atomic mass is 32.2. The van der Waals surface area contributed by atoms with Gasteiger partial charge in [-0.3, -0.25) is 4.18 Å². The van der Waals surface area contributed by atoms with Gasteiger partial charge in [-0.25, -0.2) is 0 Å². The van der Waals surface area contributed by atoms with E-state index >= 15 is 0 Å². The Morgan fingerprint density at radius 2 is 1.33 bits per heavy atom. The topological polar surface area (TPSA) is 66.4 Å². The molecule has 0 aromatic carbocycles. The van der Waals surface area contributed by atoms with E-state index in [0.29, 0.717) is 11.5 Å². The van der Waals surface area contributed by atoms with Crippen LogP contribution in [-0.2, 0) is 25.5 Å². The lowest BCUT2D eigenvalue weighted by Gasteiger charge is -2.10. The normalized spacial score (nSPS) is 13.5. The van der Waals surface area contributed by atoms with E-state index in [1.54, 1.807) is 0 Å². The van der Waals surface area contributed by atoms with Crippen molar-refractivity contribution in [3.8, 4) is 0 Å². The molecule has 0 aliphatic carbocycles. The second kappa shape index (κ2) is 13.9. The summed E-state index contributed by atoms with van der Waals surface area (Å²) in [4.78, 5) is 0. The van der Waals surface area contributed by atoms with Gasteiger partial charge in [-0.1, -0.05) is 69.5 Å².